The van der Waals surface area contributed by atoms with Crippen molar-refractivity contribution >= 4 is 11.8 Å². The minimum Gasteiger partial charge on any atom is -0.445 e. The minimum absolute atomic E-state index is 0.0262. The van der Waals surface area contributed by atoms with Crippen molar-refractivity contribution in [1.82, 2.24) is 4.90 Å². The van der Waals surface area contributed by atoms with Crippen LogP contribution in [0.5, 0.6) is 0 Å². The first-order valence-corrected chi connectivity index (χ1v) is 13.5. The molecule has 1 saturated heterocycles. The van der Waals surface area contributed by atoms with Crippen LogP contribution >= 0.6 is 0 Å². The Labute approximate surface area is 235 Å². The smallest absolute Gasteiger partial charge is 0.411 e. The fourth-order valence-corrected chi connectivity index (χ4v) is 4.74. The van der Waals surface area contributed by atoms with Crippen LogP contribution in [0.15, 0.2) is 91.5 Å². The quantitative estimate of drug-likeness (QED) is 0.273. The number of aliphatic hydroxyl groups excluding tert-OH is 2. The number of hydrogen-bond donors (Lipinski definition) is 3. The van der Waals surface area contributed by atoms with Crippen LogP contribution in [0.3, 0.4) is 0 Å². The van der Waals surface area contributed by atoms with Gasteiger partial charge >= 0.3 is 6.09 Å². The Hall–Kier alpha value is -3.53. The molecule has 1 amide bonds. The predicted molar refractivity (Wildman–Crippen MR) is 154 cm³/mol. The van der Waals surface area contributed by atoms with Gasteiger partial charge in [-0.05, 0) is 42.8 Å². The van der Waals surface area contributed by atoms with Gasteiger partial charge in [-0.1, -0.05) is 79.4 Å². The molecule has 3 aromatic carbocycles. The molecule has 3 N–H and O–H groups in total. The summed E-state index contributed by atoms with van der Waals surface area (Å²) in [5.41, 5.74) is 3.99. The molecule has 8 nitrogen and oxygen atoms in total. The third kappa shape index (κ3) is 7.78. The zero-order valence-corrected chi connectivity index (χ0v) is 23.0. The van der Waals surface area contributed by atoms with Crippen molar-refractivity contribution in [2.75, 3.05) is 25.5 Å². The average molecular weight is 547 g/mol. The first-order chi connectivity index (χ1) is 19.4. The van der Waals surface area contributed by atoms with E-state index >= 15 is 0 Å². The highest BCUT2D eigenvalue weighted by molar-refractivity contribution is 5.84. The Kier molecular flexibility index (Phi) is 10.5. The van der Waals surface area contributed by atoms with Gasteiger partial charge < -0.3 is 24.4 Å². The number of carbonyl (C=O) groups excluding carboxylic acids is 1. The fourth-order valence-electron chi connectivity index (χ4n) is 4.74. The lowest BCUT2D eigenvalue weighted by molar-refractivity contribution is -0.253. The molecule has 1 aliphatic rings. The molecule has 1 heterocycles. The van der Waals surface area contributed by atoms with E-state index in [0.29, 0.717) is 18.7 Å². The molecule has 0 radical (unpaired) electrons. The van der Waals surface area contributed by atoms with Crippen LogP contribution in [0.4, 0.5) is 10.5 Å². The summed E-state index contributed by atoms with van der Waals surface area (Å²) in [5.74, 6) is 0. The molecule has 4 rings (SSSR count). The van der Waals surface area contributed by atoms with Gasteiger partial charge in [0.05, 0.1) is 24.9 Å². The van der Waals surface area contributed by atoms with Crippen LogP contribution in [0.2, 0.25) is 0 Å². The lowest BCUT2D eigenvalue weighted by Gasteiger charge is -2.39. The van der Waals surface area contributed by atoms with Gasteiger partial charge in [0.25, 0.3) is 0 Å². The van der Waals surface area contributed by atoms with Crippen molar-refractivity contribution in [2.24, 2.45) is 0 Å². The summed E-state index contributed by atoms with van der Waals surface area (Å²) in [4.78, 5) is 14.2. The van der Waals surface area contributed by atoms with Gasteiger partial charge in [0.2, 0.25) is 0 Å². The maximum absolute atomic E-state index is 12.1. The number of ether oxygens (including phenoxy) is 3. The molecule has 5 atom stereocenters. The summed E-state index contributed by atoms with van der Waals surface area (Å²) >= 11 is 0. The lowest BCUT2D eigenvalue weighted by Crippen LogP contribution is -2.43. The summed E-state index contributed by atoms with van der Waals surface area (Å²) in [6.07, 6.45) is -0.250. The maximum Gasteiger partial charge on any atom is 0.411 e. The Bertz CT molecular complexity index is 1240. The molecule has 8 heteroatoms. The van der Waals surface area contributed by atoms with Crippen LogP contribution in [0.25, 0.3) is 0 Å². The second-order valence-corrected chi connectivity index (χ2v) is 10.0. The molecule has 1 aliphatic heterocycles. The molecular weight excluding hydrogens is 508 g/mol. The van der Waals surface area contributed by atoms with E-state index in [1.54, 1.807) is 12.1 Å². The van der Waals surface area contributed by atoms with Crippen LogP contribution in [0.1, 0.15) is 54.1 Å². The summed E-state index contributed by atoms with van der Waals surface area (Å²) in [7, 11) is 1.98. The van der Waals surface area contributed by atoms with E-state index in [1.165, 1.54) is 6.08 Å². The Morgan fingerprint density at radius 2 is 1.85 bits per heavy atom. The SMILES string of the molecule is C=CCOC(=O)Nc1cccc([C@@H]2O[C@H](CN(C)[C@@H](C)[C@H](O)c3ccccc3)C[C@H](c3ccc(CO)cc3)O2)c1. The van der Waals surface area contributed by atoms with E-state index < -0.39 is 18.5 Å². The number of benzene rings is 3. The average Bonchev–Trinajstić information content (AvgIpc) is 2.99. The molecule has 0 aromatic heterocycles. The van der Waals surface area contributed by atoms with Gasteiger partial charge in [-0.2, -0.15) is 0 Å². The number of amides is 1. The molecule has 0 saturated carbocycles. The first-order valence-electron chi connectivity index (χ1n) is 13.5. The second kappa shape index (κ2) is 14.2. The molecular formula is C32H38N2O6. The highest BCUT2D eigenvalue weighted by atomic mass is 16.7. The van der Waals surface area contributed by atoms with E-state index in [-0.39, 0.29) is 31.5 Å². The fraction of sp³-hybridized carbons (Fsp3) is 0.344. The van der Waals surface area contributed by atoms with Gasteiger partial charge in [0, 0.05) is 30.3 Å². The minimum atomic E-state index is -0.685. The van der Waals surface area contributed by atoms with E-state index in [2.05, 4.69) is 16.8 Å². The predicted octanol–water partition coefficient (Wildman–Crippen LogP) is 5.51. The molecule has 0 bridgehead atoms. The van der Waals surface area contributed by atoms with E-state index in [4.69, 9.17) is 14.2 Å². The summed E-state index contributed by atoms with van der Waals surface area (Å²) in [6, 6.07) is 24.5. The molecule has 40 heavy (non-hydrogen) atoms. The third-order valence-corrected chi connectivity index (χ3v) is 7.14. The topological polar surface area (TPSA) is 100 Å². The van der Waals surface area contributed by atoms with Crippen LogP contribution in [-0.2, 0) is 20.8 Å². The van der Waals surface area contributed by atoms with Gasteiger partial charge in [-0.15, -0.1) is 0 Å². The van der Waals surface area contributed by atoms with Crippen molar-refractivity contribution in [3.63, 3.8) is 0 Å². The Balaban J connectivity index is 1.52. The van der Waals surface area contributed by atoms with Crippen molar-refractivity contribution in [3.8, 4) is 0 Å². The summed E-state index contributed by atoms with van der Waals surface area (Å²) < 4.78 is 17.9. The van der Waals surface area contributed by atoms with Crippen molar-refractivity contribution < 1.29 is 29.2 Å². The van der Waals surface area contributed by atoms with E-state index in [0.717, 1.165) is 22.3 Å². The maximum atomic E-state index is 12.1. The van der Waals surface area contributed by atoms with Gasteiger partial charge in [0.15, 0.2) is 6.29 Å². The first kappa shape index (κ1) is 29.5. The number of rotatable bonds is 11. The van der Waals surface area contributed by atoms with Crippen molar-refractivity contribution in [1.29, 1.82) is 0 Å². The number of aliphatic hydroxyl groups is 2. The monoisotopic (exact) mass is 546 g/mol. The summed E-state index contributed by atoms with van der Waals surface area (Å²) in [5, 5.41) is 23.2. The standard InChI is InChI=1S/C32H38N2O6/c1-4-17-38-32(37)33-27-12-8-11-26(18-27)31-39-28(19-29(40-31)24-15-13-23(21-35)14-16-24)20-34(3)22(2)30(36)25-9-6-5-7-10-25/h4-16,18,22,28-31,35-36H,1,17,19-21H2,2-3H3,(H,33,37)/t22-,28-,29+,30-,31+/m0/s1. The molecule has 0 spiro atoms. The molecule has 3 aromatic rings. The van der Waals surface area contributed by atoms with Crippen LogP contribution in [0, 0.1) is 0 Å². The van der Waals surface area contributed by atoms with E-state index in [1.807, 2.05) is 80.7 Å². The molecule has 212 valence electrons. The van der Waals surface area contributed by atoms with Crippen molar-refractivity contribution in [3.05, 3.63) is 114 Å². The zero-order valence-electron chi connectivity index (χ0n) is 23.0. The normalized spacial score (nSPS) is 20.5. The number of hydrogen-bond acceptors (Lipinski definition) is 7. The second-order valence-electron chi connectivity index (χ2n) is 10.0. The Morgan fingerprint density at radius 3 is 2.55 bits per heavy atom. The highest BCUT2D eigenvalue weighted by Gasteiger charge is 2.34. The largest absolute Gasteiger partial charge is 0.445 e. The molecule has 1 fully saturated rings. The third-order valence-electron chi connectivity index (χ3n) is 7.14. The number of carbonyl (C=O) groups is 1. The number of nitrogens with zero attached hydrogens (tertiary/aromatic N) is 1. The Morgan fingerprint density at radius 1 is 1.10 bits per heavy atom. The van der Waals surface area contributed by atoms with Gasteiger partial charge in [-0.3, -0.25) is 10.2 Å². The van der Waals surface area contributed by atoms with Gasteiger partial charge in [-0.25, -0.2) is 4.79 Å². The summed E-state index contributed by atoms with van der Waals surface area (Å²) in [6.45, 7) is 6.21. The lowest BCUT2D eigenvalue weighted by atomic mass is 9.98. The van der Waals surface area contributed by atoms with Crippen LogP contribution < -0.4 is 5.32 Å². The molecule has 0 aliphatic carbocycles. The van der Waals surface area contributed by atoms with E-state index in [9.17, 15) is 15.0 Å². The van der Waals surface area contributed by atoms with Gasteiger partial charge in [0.1, 0.15) is 6.61 Å². The molecule has 0 unspecified atom stereocenters. The number of likely N-dealkylation sites (N-methyl/N-ethyl adjacent to an activating group) is 1. The van der Waals surface area contributed by atoms with Crippen LogP contribution in [-0.4, -0.2) is 53.6 Å². The zero-order chi connectivity index (χ0) is 28.5. The highest BCUT2D eigenvalue weighted by Crippen LogP contribution is 2.39. The number of anilines is 1. The van der Waals surface area contributed by atoms with Crippen molar-refractivity contribution in [2.45, 2.75) is 50.6 Å². The number of nitrogens with one attached hydrogen (secondary N) is 1.